The van der Waals surface area contributed by atoms with Gasteiger partial charge in [0.2, 0.25) is 5.91 Å². The second-order valence-corrected chi connectivity index (χ2v) is 5.51. The van der Waals surface area contributed by atoms with Crippen molar-refractivity contribution in [2.24, 2.45) is 0 Å². The van der Waals surface area contributed by atoms with Crippen LogP contribution in [0.1, 0.15) is 50.4 Å². The van der Waals surface area contributed by atoms with Gasteiger partial charge < -0.3 is 10.6 Å². The molecule has 0 saturated carbocycles. The molecule has 0 aliphatic carbocycles. The Kier molecular flexibility index (Phi) is 6.22. The highest BCUT2D eigenvalue weighted by Crippen LogP contribution is 2.07. The minimum atomic E-state index is -0.162. The Balaban J connectivity index is 2.22. The van der Waals surface area contributed by atoms with Crippen LogP contribution in [0.3, 0.4) is 0 Å². The van der Waals surface area contributed by atoms with Crippen molar-refractivity contribution in [2.75, 3.05) is 6.54 Å². The van der Waals surface area contributed by atoms with Crippen LogP contribution in [0.25, 0.3) is 0 Å². The summed E-state index contributed by atoms with van der Waals surface area (Å²) in [6, 6.07) is 9.07. The highest BCUT2D eigenvalue weighted by molar-refractivity contribution is 5.94. The van der Waals surface area contributed by atoms with Gasteiger partial charge in [-0.05, 0) is 38.8 Å². The molecular formula is C16H24N2O2. The van der Waals surface area contributed by atoms with Crippen LogP contribution < -0.4 is 10.6 Å². The standard InChI is InChI=1S/C16H24N2O2/c1-4-16(2,3)18-14(19)11-8-12-17-15(20)13-9-6-5-7-10-13/h5-7,9-10H,4,8,11-12H2,1-3H3,(H,17,20)(H,18,19). The highest BCUT2D eigenvalue weighted by atomic mass is 16.2. The van der Waals surface area contributed by atoms with E-state index in [4.69, 9.17) is 0 Å². The molecule has 0 radical (unpaired) electrons. The maximum Gasteiger partial charge on any atom is 0.251 e. The zero-order valence-electron chi connectivity index (χ0n) is 12.5. The topological polar surface area (TPSA) is 58.2 Å². The summed E-state index contributed by atoms with van der Waals surface area (Å²) < 4.78 is 0. The Morgan fingerprint density at radius 2 is 1.80 bits per heavy atom. The van der Waals surface area contributed by atoms with Crippen LogP contribution in [0, 0.1) is 0 Å². The van der Waals surface area contributed by atoms with Crippen LogP contribution in [-0.4, -0.2) is 23.9 Å². The molecule has 0 unspecified atom stereocenters. The first-order valence-electron chi connectivity index (χ1n) is 7.09. The van der Waals surface area contributed by atoms with Gasteiger partial charge in [-0.15, -0.1) is 0 Å². The number of rotatable bonds is 7. The van der Waals surface area contributed by atoms with Crippen molar-refractivity contribution in [3.05, 3.63) is 35.9 Å². The molecular weight excluding hydrogens is 252 g/mol. The predicted molar refractivity (Wildman–Crippen MR) is 80.5 cm³/mol. The van der Waals surface area contributed by atoms with Crippen molar-refractivity contribution >= 4 is 11.8 Å². The molecule has 0 fully saturated rings. The third-order valence-corrected chi connectivity index (χ3v) is 3.26. The summed E-state index contributed by atoms with van der Waals surface area (Å²) in [7, 11) is 0. The van der Waals surface area contributed by atoms with E-state index in [1.165, 1.54) is 0 Å². The maximum absolute atomic E-state index is 11.8. The Labute approximate surface area is 121 Å². The average molecular weight is 276 g/mol. The predicted octanol–water partition coefficient (Wildman–Crippen LogP) is 2.50. The number of carbonyl (C=O) groups excluding carboxylic acids is 2. The average Bonchev–Trinajstić information content (AvgIpc) is 2.44. The third kappa shape index (κ3) is 5.87. The van der Waals surface area contributed by atoms with Crippen molar-refractivity contribution in [3.63, 3.8) is 0 Å². The van der Waals surface area contributed by atoms with Crippen LogP contribution in [0.4, 0.5) is 0 Å². The number of amides is 2. The normalized spacial score (nSPS) is 10.9. The minimum Gasteiger partial charge on any atom is -0.352 e. The summed E-state index contributed by atoms with van der Waals surface area (Å²) in [5.41, 5.74) is 0.480. The first-order chi connectivity index (χ1) is 9.44. The van der Waals surface area contributed by atoms with Crippen LogP contribution >= 0.6 is 0 Å². The molecule has 0 bridgehead atoms. The van der Waals surface area contributed by atoms with E-state index in [2.05, 4.69) is 10.6 Å². The molecule has 1 aromatic rings. The van der Waals surface area contributed by atoms with E-state index in [9.17, 15) is 9.59 Å². The van der Waals surface area contributed by atoms with E-state index in [0.717, 1.165) is 6.42 Å². The monoisotopic (exact) mass is 276 g/mol. The van der Waals surface area contributed by atoms with Gasteiger partial charge in [0.05, 0.1) is 0 Å². The second kappa shape index (κ2) is 7.68. The van der Waals surface area contributed by atoms with E-state index in [1.807, 2.05) is 39.0 Å². The first kappa shape index (κ1) is 16.2. The molecule has 110 valence electrons. The van der Waals surface area contributed by atoms with E-state index in [-0.39, 0.29) is 17.4 Å². The van der Waals surface area contributed by atoms with E-state index >= 15 is 0 Å². The fourth-order valence-electron chi connectivity index (χ4n) is 1.67. The molecule has 0 spiro atoms. The van der Waals surface area contributed by atoms with Crippen molar-refractivity contribution in [2.45, 2.75) is 45.6 Å². The zero-order valence-corrected chi connectivity index (χ0v) is 12.5. The molecule has 0 aliphatic heterocycles. The summed E-state index contributed by atoms with van der Waals surface area (Å²) in [4.78, 5) is 23.5. The quantitative estimate of drug-likeness (QED) is 0.752. The molecule has 1 rings (SSSR count). The van der Waals surface area contributed by atoms with Gasteiger partial charge in [-0.2, -0.15) is 0 Å². The van der Waals surface area contributed by atoms with Crippen molar-refractivity contribution < 1.29 is 9.59 Å². The lowest BCUT2D eigenvalue weighted by molar-refractivity contribution is -0.122. The molecule has 0 saturated heterocycles. The molecule has 4 nitrogen and oxygen atoms in total. The summed E-state index contributed by atoms with van der Waals surface area (Å²) in [5, 5.41) is 5.79. The van der Waals surface area contributed by atoms with Gasteiger partial charge in [0.1, 0.15) is 0 Å². The fourth-order valence-corrected chi connectivity index (χ4v) is 1.67. The van der Waals surface area contributed by atoms with Crippen LogP contribution in [0.15, 0.2) is 30.3 Å². The van der Waals surface area contributed by atoms with Gasteiger partial charge in [-0.1, -0.05) is 25.1 Å². The Bertz CT molecular complexity index is 441. The molecule has 4 heteroatoms. The van der Waals surface area contributed by atoms with Crippen LogP contribution in [0.2, 0.25) is 0 Å². The lowest BCUT2D eigenvalue weighted by Gasteiger charge is -2.24. The zero-order chi connectivity index (χ0) is 15.0. The van der Waals surface area contributed by atoms with Gasteiger partial charge in [0.25, 0.3) is 5.91 Å². The van der Waals surface area contributed by atoms with Gasteiger partial charge in [-0.25, -0.2) is 0 Å². The molecule has 20 heavy (non-hydrogen) atoms. The first-order valence-corrected chi connectivity index (χ1v) is 7.09. The minimum absolute atomic E-state index is 0.0332. The number of hydrogen-bond donors (Lipinski definition) is 2. The SMILES string of the molecule is CCC(C)(C)NC(=O)CCCNC(=O)c1ccccc1. The lowest BCUT2D eigenvalue weighted by atomic mass is 10.0. The molecule has 1 aromatic carbocycles. The second-order valence-electron chi connectivity index (χ2n) is 5.51. The number of hydrogen-bond acceptors (Lipinski definition) is 2. The van der Waals surface area contributed by atoms with Gasteiger partial charge in [0.15, 0.2) is 0 Å². The smallest absolute Gasteiger partial charge is 0.251 e. The number of nitrogens with one attached hydrogen (secondary N) is 2. The highest BCUT2D eigenvalue weighted by Gasteiger charge is 2.17. The van der Waals surface area contributed by atoms with Crippen molar-refractivity contribution in [3.8, 4) is 0 Å². The number of benzene rings is 1. The van der Waals surface area contributed by atoms with E-state index in [1.54, 1.807) is 12.1 Å². The number of carbonyl (C=O) groups is 2. The molecule has 2 N–H and O–H groups in total. The maximum atomic E-state index is 11.8. The van der Waals surface area contributed by atoms with Crippen molar-refractivity contribution in [1.29, 1.82) is 0 Å². The van der Waals surface area contributed by atoms with Crippen molar-refractivity contribution in [1.82, 2.24) is 10.6 Å². The van der Waals surface area contributed by atoms with E-state index in [0.29, 0.717) is 24.9 Å². The largest absolute Gasteiger partial charge is 0.352 e. The lowest BCUT2D eigenvalue weighted by Crippen LogP contribution is -2.42. The van der Waals surface area contributed by atoms with E-state index < -0.39 is 0 Å². The molecule has 0 atom stereocenters. The summed E-state index contributed by atoms with van der Waals surface area (Å²) >= 11 is 0. The molecule has 2 amide bonds. The molecule has 0 aliphatic rings. The van der Waals surface area contributed by atoms with Crippen LogP contribution in [-0.2, 0) is 4.79 Å². The van der Waals surface area contributed by atoms with Gasteiger partial charge >= 0.3 is 0 Å². The Morgan fingerprint density at radius 1 is 1.15 bits per heavy atom. The summed E-state index contributed by atoms with van der Waals surface area (Å²) in [5.74, 6) is -0.0642. The molecule has 0 heterocycles. The summed E-state index contributed by atoms with van der Waals surface area (Å²) in [6.45, 7) is 6.55. The Hall–Kier alpha value is -1.84. The van der Waals surface area contributed by atoms with Gasteiger partial charge in [-0.3, -0.25) is 9.59 Å². The summed E-state index contributed by atoms with van der Waals surface area (Å²) in [6.07, 6.45) is 1.96. The molecule has 0 aromatic heterocycles. The van der Waals surface area contributed by atoms with Crippen LogP contribution in [0.5, 0.6) is 0 Å². The fraction of sp³-hybridized carbons (Fsp3) is 0.500. The Morgan fingerprint density at radius 3 is 2.40 bits per heavy atom. The van der Waals surface area contributed by atoms with Gasteiger partial charge in [0, 0.05) is 24.1 Å². The third-order valence-electron chi connectivity index (χ3n) is 3.26.